The van der Waals surface area contributed by atoms with Gasteiger partial charge in [-0.15, -0.1) is 12.4 Å². The third-order valence-corrected chi connectivity index (χ3v) is 5.96. The molecule has 0 bridgehead atoms. The van der Waals surface area contributed by atoms with Crippen molar-refractivity contribution in [2.75, 3.05) is 26.2 Å². The molecule has 3 heterocycles. The number of fused-ring (bicyclic) bond motifs is 1. The fraction of sp³-hybridized carbons (Fsp3) is 0.550. The quantitative estimate of drug-likeness (QED) is 0.855. The van der Waals surface area contributed by atoms with Crippen LogP contribution in [0.5, 0.6) is 0 Å². The van der Waals surface area contributed by atoms with E-state index in [0.29, 0.717) is 21.9 Å². The SMILES string of the molecule is CC(C)n1nc(C(=O)N2CCC3(CCNC3)CC2)c2ccccc2c1=O.Cl. The minimum absolute atomic E-state index is 0. The highest BCUT2D eigenvalue weighted by atomic mass is 35.5. The third kappa shape index (κ3) is 3.48. The average molecular weight is 391 g/mol. The summed E-state index contributed by atoms with van der Waals surface area (Å²) in [5, 5.41) is 9.14. The van der Waals surface area contributed by atoms with Crippen molar-refractivity contribution in [3.8, 4) is 0 Å². The number of hydrogen-bond acceptors (Lipinski definition) is 4. The number of halogens is 1. The van der Waals surface area contributed by atoms with Crippen LogP contribution in [0, 0.1) is 5.41 Å². The Morgan fingerprint density at radius 1 is 1.15 bits per heavy atom. The smallest absolute Gasteiger partial charge is 0.274 e. The Morgan fingerprint density at radius 3 is 2.41 bits per heavy atom. The number of carbonyl (C=O) groups is 1. The third-order valence-electron chi connectivity index (χ3n) is 5.96. The van der Waals surface area contributed by atoms with E-state index in [-0.39, 0.29) is 29.9 Å². The first-order valence-electron chi connectivity index (χ1n) is 9.52. The number of amides is 1. The van der Waals surface area contributed by atoms with E-state index in [1.807, 2.05) is 36.9 Å². The fourth-order valence-electron chi connectivity index (χ4n) is 4.27. The Bertz CT molecular complexity index is 892. The van der Waals surface area contributed by atoms with E-state index in [1.54, 1.807) is 6.07 Å². The number of likely N-dealkylation sites (tertiary alicyclic amines) is 1. The predicted molar refractivity (Wildman–Crippen MR) is 109 cm³/mol. The van der Waals surface area contributed by atoms with Crippen molar-refractivity contribution < 1.29 is 4.79 Å². The summed E-state index contributed by atoms with van der Waals surface area (Å²) in [6, 6.07) is 7.21. The summed E-state index contributed by atoms with van der Waals surface area (Å²) in [6.45, 7) is 7.49. The largest absolute Gasteiger partial charge is 0.337 e. The lowest BCUT2D eigenvalue weighted by atomic mass is 9.78. The normalized spacial score (nSPS) is 18.9. The first kappa shape index (κ1) is 19.8. The van der Waals surface area contributed by atoms with Crippen LogP contribution in [0.25, 0.3) is 10.8 Å². The van der Waals surface area contributed by atoms with Gasteiger partial charge in [-0.05, 0) is 51.1 Å². The van der Waals surface area contributed by atoms with Gasteiger partial charge in [0, 0.05) is 25.0 Å². The molecule has 2 aliphatic rings. The lowest BCUT2D eigenvalue weighted by Crippen LogP contribution is -2.44. The van der Waals surface area contributed by atoms with Crippen LogP contribution in [0.15, 0.2) is 29.1 Å². The minimum atomic E-state index is -0.137. The molecule has 0 radical (unpaired) electrons. The number of aromatic nitrogens is 2. The molecular weight excluding hydrogens is 364 g/mol. The molecule has 146 valence electrons. The molecular formula is C20H27ClN4O2. The Hall–Kier alpha value is -1.92. The highest BCUT2D eigenvalue weighted by Crippen LogP contribution is 2.37. The van der Waals surface area contributed by atoms with Gasteiger partial charge in [0.2, 0.25) is 0 Å². The van der Waals surface area contributed by atoms with Gasteiger partial charge in [0.05, 0.1) is 11.4 Å². The van der Waals surface area contributed by atoms with E-state index in [2.05, 4.69) is 10.4 Å². The molecule has 27 heavy (non-hydrogen) atoms. The average Bonchev–Trinajstić information content (AvgIpc) is 3.10. The van der Waals surface area contributed by atoms with Crippen LogP contribution in [-0.2, 0) is 0 Å². The number of rotatable bonds is 2. The molecule has 1 aromatic heterocycles. The maximum Gasteiger partial charge on any atom is 0.274 e. The van der Waals surface area contributed by atoms with Crippen molar-refractivity contribution in [1.29, 1.82) is 0 Å². The molecule has 0 saturated carbocycles. The minimum Gasteiger partial charge on any atom is -0.337 e. The Kier molecular flexibility index (Phi) is 5.58. The van der Waals surface area contributed by atoms with Gasteiger partial charge >= 0.3 is 0 Å². The molecule has 0 atom stereocenters. The molecule has 2 aromatic rings. The molecule has 4 rings (SSSR count). The van der Waals surface area contributed by atoms with Gasteiger partial charge in [-0.3, -0.25) is 9.59 Å². The second-order valence-corrected chi connectivity index (χ2v) is 7.96. The molecule has 1 spiro atoms. The Labute approximate surface area is 165 Å². The van der Waals surface area contributed by atoms with E-state index < -0.39 is 0 Å². The highest BCUT2D eigenvalue weighted by Gasteiger charge is 2.38. The second kappa shape index (κ2) is 7.60. The van der Waals surface area contributed by atoms with E-state index >= 15 is 0 Å². The van der Waals surface area contributed by atoms with Gasteiger partial charge in [-0.25, -0.2) is 4.68 Å². The molecule has 7 heteroatoms. The summed E-state index contributed by atoms with van der Waals surface area (Å²) in [5.74, 6) is -0.0589. The monoisotopic (exact) mass is 390 g/mol. The predicted octanol–water partition coefficient (Wildman–Crippen LogP) is 2.61. The second-order valence-electron chi connectivity index (χ2n) is 7.96. The zero-order valence-corrected chi connectivity index (χ0v) is 16.7. The lowest BCUT2D eigenvalue weighted by Gasteiger charge is -2.38. The van der Waals surface area contributed by atoms with Crippen molar-refractivity contribution in [3.63, 3.8) is 0 Å². The van der Waals surface area contributed by atoms with Crippen LogP contribution in [0.4, 0.5) is 0 Å². The molecule has 1 N–H and O–H groups in total. The van der Waals surface area contributed by atoms with Crippen LogP contribution in [0.2, 0.25) is 0 Å². The van der Waals surface area contributed by atoms with Gasteiger partial charge in [-0.1, -0.05) is 18.2 Å². The number of carbonyl (C=O) groups excluding carboxylic acids is 1. The van der Waals surface area contributed by atoms with Gasteiger partial charge in [0.25, 0.3) is 11.5 Å². The summed E-state index contributed by atoms with van der Waals surface area (Å²) < 4.78 is 1.43. The molecule has 0 unspecified atom stereocenters. The van der Waals surface area contributed by atoms with Crippen LogP contribution in [0.3, 0.4) is 0 Å². The van der Waals surface area contributed by atoms with Crippen LogP contribution < -0.4 is 10.9 Å². The van der Waals surface area contributed by atoms with Crippen molar-refractivity contribution >= 4 is 29.1 Å². The number of nitrogens with zero attached hydrogens (tertiary/aromatic N) is 3. The molecule has 0 aliphatic carbocycles. The first-order valence-corrected chi connectivity index (χ1v) is 9.52. The highest BCUT2D eigenvalue weighted by molar-refractivity contribution is 6.04. The topological polar surface area (TPSA) is 67.2 Å². The summed E-state index contributed by atoms with van der Waals surface area (Å²) in [6.07, 6.45) is 3.27. The Morgan fingerprint density at radius 2 is 1.81 bits per heavy atom. The van der Waals surface area contributed by atoms with Gasteiger partial charge in [0.15, 0.2) is 5.69 Å². The number of piperidine rings is 1. The van der Waals surface area contributed by atoms with Crippen LogP contribution in [-0.4, -0.2) is 46.8 Å². The maximum absolute atomic E-state index is 13.2. The number of nitrogens with one attached hydrogen (secondary N) is 1. The maximum atomic E-state index is 13.2. The van der Waals surface area contributed by atoms with Crippen molar-refractivity contribution in [2.24, 2.45) is 5.41 Å². The number of hydrogen-bond donors (Lipinski definition) is 1. The molecule has 6 nitrogen and oxygen atoms in total. The van der Waals surface area contributed by atoms with E-state index in [9.17, 15) is 9.59 Å². The lowest BCUT2D eigenvalue weighted by molar-refractivity contribution is 0.0601. The van der Waals surface area contributed by atoms with Crippen molar-refractivity contribution in [2.45, 2.75) is 39.2 Å². The fourth-order valence-corrected chi connectivity index (χ4v) is 4.27. The van der Waals surface area contributed by atoms with Crippen molar-refractivity contribution in [3.05, 3.63) is 40.3 Å². The molecule has 1 aromatic carbocycles. The molecule has 2 fully saturated rings. The molecule has 2 saturated heterocycles. The molecule has 1 amide bonds. The van der Waals surface area contributed by atoms with E-state index in [4.69, 9.17) is 0 Å². The summed E-state index contributed by atoms with van der Waals surface area (Å²) in [7, 11) is 0. The number of benzene rings is 1. The summed E-state index contributed by atoms with van der Waals surface area (Å²) in [4.78, 5) is 27.8. The van der Waals surface area contributed by atoms with Gasteiger partial charge < -0.3 is 10.2 Å². The van der Waals surface area contributed by atoms with Gasteiger partial charge in [0.1, 0.15) is 0 Å². The van der Waals surface area contributed by atoms with Gasteiger partial charge in [-0.2, -0.15) is 5.10 Å². The molecule has 2 aliphatic heterocycles. The van der Waals surface area contributed by atoms with E-state index in [1.165, 1.54) is 11.1 Å². The zero-order valence-electron chi connectivity index (χ0n) is 15.9. The summed E-state index contributed by atoms with van der Waals surface area (Å²) >= 11 is 0. The standard InChI is InChI=1S/C20H26N4O2.ClH/c1-14(2)24-18(25)16-6-4-3-5-15(16)17(22-24)19(26)23-11-8-20(9-12-23)7-10-21-13-20;/h3-6,14,21H,7-13H2,1-2H3;1H. The van der Waals surface area contributed by atoms with Crippen LogP contribution >= 0.6 is 12.4 Å². The van der Waals surface area contributed by atoms with E-state index in [0.717, 1.165) is 39.0 Å². The first-order chi connectivity index (χ1) is 12.5. The summed E-state index contributed by atoms with van der Waals surface area (Å²) in [5.41, 5.74) is 0.624. The van der Waals surface area contributed by atoms with Crippen molar-refractivity contribution in [1.82, 2.24) is 20.0 Å². The Balaban J connectivity index is 0.00000210. The zero-order chi connectivity index (χ0) is 18.3. The van der Waals surface area contributed by atoms with Crippen LogP contribution in [0.1, 0.15) is 49.6 Å².